The summed E-state index contributed by atoms with van der Waals surface area (Å²) in [6, 6.07) is 4.92. The number of nitrogens with zero attached hydrogens (tertiary/aromatic N) is 1. The van der Waals surface area contributed by atoms with Crippen molar-refractivity contribution in [3.63, 3.8) is 0 Å². The molecule has 0 aliphatic carbocycles. The van der Waals surface area contributed by atoms with E-state index in [4.69, 9.17) is 23.2 Å². The van der Waals surface area contributed by atoms with Gasteiger partial charge in [-0.2, -0.15) is 4.31 Å². The Labute approximate surface area is 130 Å². The molecule has 1 aromatic rings. The van der Waals surface area contributed by atoms with Crippen LogP contribution in [0, 0.1) is 5.92 Å². The number of benzene rings is 1. The summed E-state index contributed by atoms with van der Waals surface area (Å²) < 4.78 is 27.2. The first-order valence-electron chi connectivity index (χ1n) is 6.74. The number of piperidine rings is 1. The van der Waals surface area contributed by atoms with Crippen molar-refractivity contribution < 1.29 is 8.42 Å². The van der Waals surface area contributed by atoms with E-state index < -0.39 is 10.0 Å². The number of rotatable bonds is 3. The quantitative estimate of drug-likeness (QED) is 0.786. The highest BCUT2D eigenvalue weighted by Crippen LogP contribution is 2.32. The zero-order valence-electron chi connectivity index (χ0n) is 11.6. The molecule has 0 spiro atoms. The fraction of sp³-hybridized carbons (Fsp3) is 0.571. The number of alkyl halides is 1. The molecule has 3 nitrogen and oxygen atoms in total. The Morgan fingerprint density at radius 3 is 2.70 bits per heavy atom. The molecule has 6 heteroatoms. The van der Waals surface area contributed by atoms with Crippen LogP contribution < -0.4 is 0 Å². The number of hydrogen-bond donors (Lipinski definition) is 0. The van der Waals surface area contributed by atoms with E-state index in [0.717, 1.165) is 18.4 Å². The summed E-state index contributed by atoms with van der Waals surface area (Å²) in [5.74, 6) is 0.625. The second-order valence-electron chi connectivity index (χ2n) is 5.37. The molecule has 2 atom stereocenters. The lowest BCUT2D eigenvalue weighted by molar-refractivity contribution is 0.202. The summed E-state index contributed by atoms with van der Waals surface area (Å²) in [5, 5.41) is 0.254. The maximum atomic E-state index is 12.8. The normalized spacial score (nSPS) is 24.8. The van der Waals surface area contributed by atoms with E-state index in [1.165, 1.54) is 0 Å². The molecule has 0 N–H and O–H groups in total. The minimum Gasteiger partial charge on any atom is -0.207 e. The van der Waals surface area contributed by atoms with E-state index in [2.05, 4.69) is 6.92 Å². The van der Waals surface area contributed by atoms with Crippen molar-refractivity contribution in [2.24, 2.45) is 5.92 Å². The van der Waals surface area contributed by atoms with Gasteiger partial charge in [0, 0.05) is 18.5 Å². The Morgan fingerprint density at radius 2 is 2.05 bits per heavy atom. The van der Waals surface area contributed by atoms with Gasteiger partial charge in [-0.25, -0.2) is 8.42 Å². The lowest BCUT2D eigenvalue weighted by Gasteiger charge is -2.37. The first-order chi connectivity index (χ1) is 9.37. The van der Waals surface area contributed by atoms with Crippen LogP contribution in [0.3, 0.4) is 0 Å². The second kappa shape index (κ2) is 6.22. The summed E-state index contributed by atoms with van der Waals surface area (Å²) in [4.78, 5) is 0.165. The van der Waals surface area contributed by atoms with Crippen molar-refractivity contribution in [1.29, 1.82) is 0 Å². The molecule has 1 aliphatic rings. The number of halogens is 2. The largest absolute Gasteiger partial charge is 0.244 e. The third-order valence-electron chi connectivity index (χ3n) is 4.05. The lowest BCUT2D eigenvalue weighted by atomic mass is 9.94. The fourth-order valence-electron chi connectivity index (χ4n) is 2.59. The molecule has 1 heterocycles. The minimum atomic E-state index is -3.56. The molecule has 0 bridgehead atoms. The highest BCUT2D eigenvalue weighted by atomic mass is 35.5. The molecule has 0 amide bonds. The summed E-state index contributed by atoms with van der Waals surface area (Å²) >= 11 is 11.9. The maximum Gasteiger partial charge on any atom is 0.244 e. The van der Waals surface area contributed by atoms with Crippen LogP contribution in [0.4, 0.5) is 0 Å². The van der Waals surface area contributed by atoms with Gasteiger partial charge < -0.3 is 0 Å². The molecule has 1 aliphatic heterocycles. The molecule has 2 unspecified atom stereocenters. The van der Waals surface area contributed by atoms with Gasteiger partial charge in [0.15, 0.2) is 0 Å². The van der Waals surface area contributed by atoms with Gasteiger partial charge in [0.2, 0.25) is 10.0 Å². The predicted octanol–water partition coefficient (Wildman–Crippen LogP) is 3.89. The Kier molecular flexibility index (Phi) is 5.00. The van der Waals surface area contributed by atoms with Gasteiger partial charge in [-0.3, -0.25) is 0 Å². The van der Waals surface area contributed by atoms with E-state index in [0.29, 0.717) is 12.5 Å². The van der Waals surface area contributed by atoms with Crippen LogP contribution >= 0.6 is 23.2 Å². The van der Waals surface area contributed by atoms with Crippen LogP contribution in [0.25, 0.3) is 0 Å². The molecule has 0 aromatic heterocycles. The van der Waals surface area contributed by atoms with Crippen LogP contribution in [-0.2, 0) is 15.9 Å². The van der Waals surface area contributed by atoms with Crippen LogP contribution in [0.15, 0.2) is 23.1 Å². The Balaban J connectivity index is 2.44. The van der Waals surface area contributed by atoms with Gasteiger partial charge in [-0.1, -0.05) is 24.6 Å². The smallest absolute Gasteiger partial charge is 0.207 e. The molecule has 112 valence electrons. The van der Waals surface area contributed by atoms with E-state index in [1.54, 1.807) is 22.5 Å². The van der Waals surface area contributed by atoms with Crippen molar-refractivity contribution in [3.05, 3.63) is 28.8 Å². The molecule has 1 fully saturated rings. The standard InChI is InChI=1S/C14H19Cl2NO2S/c1-10-4-3-7-17(11(10)2)20(18,19)14-8-12(9-15)5-6-13(14)16/h5-6,8,10-11H,3-4,7,9H2,1-2H3. The van der Waals surface area contributed by atoms with Gasteiger partial charge in [0.25, 0.3) is 0 Å². The first kappa shape index (κ1) is 16.1. The summed E-state index contributed by atoms with van der Waals surface area (Å²) in [6.07, 6.45) is 1.94. The van der Waals surface area contributed by atoms with E-state index >= 15 is 0 Å². The molecule has 1 saturated heterocycles. The number of hydrogen-bond acceptors (Lipinski definition) is 2. The zero-order valence-corrected chi connectivity index (χ0v) is 14.0. The van der Waals surface area contributed by atoms with Gasteiger partial charge in [-0.05, 0) is 43.4 Å². The van der Waals surface area contributed by atoms with Crippen LogP contribution in [0.1, 0.15) is 32.3 Å². The van der Waals surface area contributed by atoms with Crippen molar-refractivity contribution >= 4 is 33.2 Å². The summed E-state index contributed by atoms with van der Waals surface area (Å²) in [7, 11) is -3.56. The van der Waals surface area contributed by atoms with Crippen LogP contribution in [0.2, 0.25) is 5.02 Å². The molecule has 0 radical (unpaired) electrons. The van der Waals surface area contributed by atoms with Crippen LogP contribution in [0.5, 0.6) is 0 Å². The number of sulfonamides is 1. The Morgan fingerprint density at radius 1 is 1.35 bits per heavy atom. The first-order valence-corrected chi connectivity index (χ1v) is 9.09. The molecule has 2 rings (SSSR count). The van der Waals surface area contributed by atoms with Gasteiger partial charge in [0.05, 0.1) is 5.02 Å². The summed E-state index contributed by atoms with van der Waals surface area (Å²) in [5.41, 5.74) is 0.757. The van der Waals surface area contributed by atoms with E-state index in [-0.39, 0.29) is 21.8 Å². The molecule has 1 aromatic carbocycles. The second-order valence-corrected chi connectivity index (χ2v) is 7.91. The monoisotopic (exact) mass is 335 g/mol. The van der Waals surface area contributed by atoms with E-state index in [9.17, 15) is 8.42 Å². The fourth-order valence-corrected chi connectivity index (χ4v) is 5.05. The highest BCUT2D eigenvalue weighted by molar-refractivity contribution is 7.89. The third kappa shape index (κ3) is 2.98. The highest BCUT2D eigenvalue weighted by Gasteiger charge is 2.35. The van der Waals surface area contributed by atoms with Gasteiger partial charge in [-0.15, -0.1) is 11.6 Å². The van der Waals surface area contributed by atoms with Gasteiger partial charge in [0.1, 0.15) is 4.90 Å². The van der Waals surface area contributed by atoms with Crippen LogP contribution in [-0.4, -0.2) is 25.3 Å². The Bertz CT molecular complexity index is 589. The Hall–Kier alpha value is -0.290. The maximum absolute atomic E-state index is 12.8. The predicted molar refractivity (Wildman–Crippen MR) is 82.8 cm³/mol. The molecule has 0 saturated carbocycles. The zero-order chi connectivity index (χ0) is 14.9. The molecular weight excluding hydrogens is 317 g/mol. The summed E-state index contributed by atoms with van der Waals surface area (Å²) in [6.45, 7) is 4.60. The van der Waals surface area contributed by atoms with E-state index in [1.807, 2.05) is 6.92 Å². The average Bonchev–Trinajstić information content (AvgIpc) is 2.42. The van der Waals surface area contributed by atoms with Crippen molar-refractivity contribution in [2.45, 2.75) is 43.5 Å². The van der Waals surface area contributed by atoms with Crippen molar-refractivity contribution in [2.75, 3.05) is 6.54 Å². The van der Waals surface area contributed by atoms with Crippen molar-refractivity contribution in [3.8, 4) is 0 Å². The topological polar surface area (TPSA) is 37.4 Å². The van der Waals surface area contributed by atoms with Gasteiger partial charge >= 0.3 is 0 Å². The molecule has 20 heavy (non-hydrogen) atoms. The lowest BCUT2D eigenvalue weighted by Crippen LogP contribution is -2.45. The minimum absolute atomic E-state index is 0.00975. The molecular formula is C14H19Cl2NO2S. The SMILES string of the molecule is CC1CCCN(S(=O)(=O)c2cc(CCl)ccc2Cl)C1C. The average molecular weight is 336 g/mol. The van der Waals surface area contributed by atoms with Crippen molar-refractivity contribution in [1.82, 2.24) is 4.31 Å². The third-order valence-corrected chi connectivity index (χ3v) is 6.83.